The molecule has 2 amide bonds. The van der Waals surface area contributed by atoms with Gasteiger partial charge in [-0.25, -0.2) is 0 Å². The van der Waals surface area contributed by atoms with Crippen molar-refractivity contribution in [3.8, 4) is 12.1 Å². The number of aryl methyl sites for hydroxylation is 1. The lowest BCUT2D eigenvalue weighted by Gasteiger charge is -2.34. The number of fused-ring (bicyclic) bond motifs is 3. The first-order valence-electron chi connectivity index (χ1n) is 10.6. The number of thioether (sulfide) groups is 1. The quantitative estimate of drug-likeness (QED) is 0.585. The number of hydrogen-bond acceptors (Lipinski definition) is 5. The predicted molar refractivity (Wildman–Crippen MR) is 130 cm³/mol. The van der Waals surface area contributed by atoms with E-state index in [0.717, 1.165) is 40.1 Å². The number of rotatable bonds is 5. The summed E-state index contributed by atoms with van der Waals surface area (Å²) in [5, 5.41) is 27.0. The highest BCUT2D eigenvalue weighted by Gasteiger charge is 2.44. The van der Waals surface area contributed by atoms with Crippen molar-refractivity contribution in [2.75, 3.05) is 11.1 Å². The molecule has 8 heteroatoms. The van der Waals surface area contributed by atoms with Gasteiger partial charge >= 0.3 is 0 Å². The van der Waals surface area contributed by atoms with E-state index in [4.69, 9.17) is 0 Å². The first-order valence-corrected chi connectivity index (χ1v) is 11.6. The average Bonchev–Trinajstić information content (AvgIpc) is 3.10. The lowest BCUT2D eigenvalue weighted by Crippen LogP contribution is -2.44. The molecular formula is C25H23N5O2S. The van der Waals surface area contributed by atoms with Gasteiger partial charge in [0.05, 0.1) is 28.5 Å². The van der Waals surface area contributed by atoms with Gasteiger partial charge in [0.2, 0.25) is 11.8 Å². The van der Waals surface area contributed by atoms with Crippen molar-refractivity contribution in [2.45, 2.75) is 27.3 Å². The number of allylic oxidation sites excluding steroid dienone is 1. The molecule has 0 bridgehead atoms. The standard InChI is InChI=1S/C25H23N5O2S/c1-4-30-20-8-6-5-7-16(20)17-11-15(9-10-21(17)30)28-22(31)14-33-24-19(13-27)25(2,3)18(12-26)23(32)29-24/h5-11,18H,4,14H2,1-3H3,(H,28,31)(H,29,32). The summed E-state index contributed by atoms with van der Waals surface area (Å²) >= 11 is 1.09. The van der Waals surface area contributed by atoms with Crippen molar-refractivity contribution in [2.24, 2.45) is 11.3 Å². The molecule has 0 radical (unpaired) electrons. The molecule has 0 fully saturated rings. The van der Waals surface area contributed by atoms with Gasteiger partial charge in [-0.2, -0.15) is 10.5 Å². The number of nitrogens with one attached hydrogen (secondary N) is 2. The van der Waals surface area contributed by atoms with Crippen LogP contribution in [0.15, 0.2) is 53.1 Å². The summed E-state index contributed by atoms with van der Waals surface area (Å²) in [5.41, 5.74) is 2.31. The van der Waals surface area contributed by atoms with Gasteiger partial charge < -0.3 is 15.2 Å². The number of aromatic nitrogens is 1. The number of benzene rings is 2. The van der Waals surface area contributed by atoms with Gasteiger partial charge in [0.15, 0.2) is 0 Å². The molecule has 166 valence electrons. The highest BCUT2D eigenvalue weighted by atomic mass is 32.2. The Morgan fingerprint density at radius 1 is 1.18 bits per heavy atom. The smallest absolute Gasteiger partial charge is 0.243 e. The Bertz CT molecular complexity index is 1400. The SMILES string of the molecule is CCn1c2ccccc2c2cc(NC(=O)CSC3=C(C#N)C(C)(C)C(C#N)C(=O)N3)ccc21. The maximum atomic E-state index is 12.7. The van der Waals surface area contributed by atoms with Gasteiger partial charge in [-0.3, -0.25) is 9.59 Å². The minimum Gasteiger partial charge on any atom is -0.341 e. The van der Waals surface area contributed by atoms with Crippen LogP contribution in [0.3, 0.4) is 0 Å². The summed E-state index contributed by atoms with van der Waals surface area (Å²) in [7, 11) is 0. The Kier molecular flexibility index (Phi) is 5.88. The van der Waals surface area contributed by atoms with E-state index in [0.29, 0.717) is 16.3 Å². The normalized spacial score (nSPS) is 17.5. The third kappa shape index (κ3) is 3.83. The summed E-state index contributed by atoms with van der Waals surface area (Å²) in [6.45, 7) is 6.34. The van der Waals surface area contributed by atoms with Gasteiger partial charge in [0.25, 0.3) is 0 Å². The van der Waals surface area contributed by atoms with Crippen LogP contribution in [-0.2, 0) is 16.1 Å². The Morgan fingerprint density at radius 2 is 1.91 bits per heavy atom. The zero-order valence-corrected chi connectivity index (χ0v) is 19.4. The zero-order valence-electron chi connectivity index (χ0n) is 18.6. The molecule has 1 atom stereocenters. The van der Waals surface area contributed by atoms with E-state index in [-0.39, 0.29) is 11.7 Å². The summed E-state index contributed by atoms with van der Waals surface area (Å²) in [6, 6.07) is 18.1. The van der Waals surface area contributed by atoms with Gasteiger partial charge in [0.1, 0.15) is 5.92 Å². The van der Waals surface area contributed by atoms with Crippen LogP contribution in [0, 0.1) is 34.0 Å². The second kappa shape index (κ2) is 8.65. The number of carbonyl (C=O) groups is 2. The maximum absolute atomic E-state index is 12.7. The first kappa shape index (κ1) is 22.4. The molecule has 1 aliphatic heterocycles. The Morgan fingerprint density at radius 3 is 2.61 bits per heavy atom. The van der Waals surface area contributed by atoms with Crippen molar-refractivity contribution >= 4 is 51.1 Å². The summed E-state index contributed by atoms with van der Waals surface area (Å²) < 4.78 is 2.24. The molecule has 0 saturated carbocycles. The van der Waals surface area contributed by atoms with Crippen LogP contribution in [-0.4, -0.2) is 22.1 Å². The van der Waals surface area contributed by atoms with E-state index < -0.39 is 17.2 Å². The largest absolute Gasteiger partial charge is 0.341 e. The van der Waals surface area contributed by atoms with E-state index in [9.17, 15) is 20.1 Å². The molecule has 1 aliphatic rings. The van der Waals surface area contributed by atoms with E-state index in [2.05, 4.69) is 40.3 Å². The third-order valence-electron chi connectivity index (χ3n) is 6.05. The molecule has 0 saturated heterocycles. The van der Waals surface area contributed by atoms with E-state index in [1.807, 2.05) is 36.4 Å². The number of amides is 2. The molecule has 1 aromatic heterocycles. The number of para-hydroxylation sites is 1. The summed E-state index contributed by atoms with van der Waals surface area (Å²) in [5.74, 6) is -1.65. The van der Waals surface area contributed by atoms with Crippen LogP contribution in [0.2, 0.25) is 0 Å². The van der Waals surface area contributed by atoms with E-state index in [1.54, 1.807) is 13.8 Å². The molecule has 1 unspecified atom stereocenters. The minimum atomic E-state index is -0.956. The lowest BCUT2D eigenvalue weighted by atomic mass is 9.72. The topological polar surface area (TPSA) is 111 Å². The highest BCUT2D eigenvalue weighted by Crippen LogP contribution is 2.41. The van der Waals surface area contributed by atoms with Crippen molar-refractivity contribution in [3.63, 3.8) is 0 Å². The Hall–Kier alpha value is -3.75. The fourth-order valence-corrected chi connectivity index (χ4v) is 5.31. The number of anilines is 1. The third-order valence-corrected chi connectivity index (χ3v) is 7.05. The zero-order chi connectivity index (χ0) is 23.8. The maximum Gasteiger partial charge on any atom is 0.243 e. The van der Waals surface area contributed by atoms with Gasteiger partial charge in [-0.1, -0.05) is 43.8 Å². The second-order valence-electron chi connectivity index (χ2n) is 8.42. The van der Waals surface area contributed by atoms with Crippen molar-refractivity contribution in [1.82, 2.24) is 9.88 Å². The molecular weight excluding hydrogens is 434 g/mol. The summed E-state index contributed by atoms with van der Waals surface area (Å²) in [6.07, 6.45) is 0. The minimum absolute atomic E-state index is 0.0167. The molecule has 2 heterocycles. The number of carbonyl (C=O) groups excluding carboxylic acids is 2. The van der Waals surface area contributed by atoms with Crippen LogP contribution in [0.4, 0.5) is 5.69 Å². The number of nitrogens with zero attached hydrogens (tertiary/aromatic N) is 3. The lowest BCUT2D eigenvalue weighted by molar-refractivity contribution is -0.125. The predicted octanol–water partition coefficient (Wildman–Crippen LogP) is 4.52. The van der Waals surface area contributed by atoms with Crippen LogP contribution in [0.1, 0.15) is 20.8 Å². The van der Waals surface area contributed by atoms with Crippen molar-refractivity contribution in [1.29, 1.82) is 10.5 Å². The van der Waals surface area contributed by atoms with Gasteiger partial charge in [-0.05, 0) is 31.2 Å². The highest BCUT2D eigenvalue weighted by molar-refractivity contribution is 8.03. The average molecular weight is 458 g/mol. The number of hydrogen-bond donors (Lipinski definition) is 2. The second-order valence-corrected chi connectivity index (χ2v) is 9.40. The Labute approximate surface area is 196 Å². The molecule has 7 nitrogen and oxygen atoms in total. The molecule has 4 rings (SSSR count). The van der Waals surface area contributed by atoms with E-state index >= 15 is 0 Å². The fourth-order valence-electron chi connectivity index (χ4n) is 4.34. The summed E-state index contributed by atoms with van der Waals surface area (Å²) in [4.78, 5) is 25.0. The Balaban J connectivity index is 1.54. The van der Waals surface area contributed by atoms with Gasteiger partial charge in [-0.15, -0.1) is 0 Å². The van der Waals surface area contributed by atoms with Crippen LogP contribution in [0.25, 0.3) is 21.8 Å². The first-order chi connectivity index (χ1) is 15.8. The molecule has 0 spiro atoms. The van der Waals surface area contributed by atoms with E-state index in [1.165, 1.54) is 0 Å². The van der Waals surface area contributed by atoms with Crippen LogP contribution in [0.5, 0.6) is 0 Å². The van der Waals surface area contributed by atoms with Crippen LogP contribution >= 0.6 is 11.8 Å². The molecule has 33 heavy (non-hydrogen) atoms. The molecule has 3 aromatic rings. The van der Waals surface area contributed by atoms with Crippen LogP contribution < -0.4 is 10.6 Å². The molecule has 0 aliphatic carbocycles. The molecule has 2 N–H and O–H groups in total. The number of nitriles is 2. The fraction of sp³-hybridized carbons (Fsp3) is 0.280. The molecule has 2 aromatic carbocycles. The monoisotopic (exact) mass is 457 g/mol. The van der Waals surface area contributed by atoms with Gasteiger partial charge in [0, 0.05) is 39.5 Å². The van der Waals surface area contributed by atoms with Crippen molar-refractivity contribution in [3.05, 3.63) is 53.1 Å². The van der Waals surface area contributed by atoms with Crippen molar-refractivity contribution < 1.29 is 9.59 Å².